The van der Waals surface area contributed by atoms with Crippen LogP contribution >= 0.6 is 0 Å². The van der Waals surface area contributed by atoms with Gasteiger partial charge < -0.3 is 10.6 Å². The summed E-state index contributed by atoms with van der Waals surface area (Å²) < 4.78 is 0. The fraction of sp³-hybridized carbons (Fsp3) is 1.00. The van der Waals surface area contributed by atoms with Crippen molar-refractivity contribution in [3.63, 3.8) is 0 Å². The van der Waals surface area contributed by atoms with Crippen LogP contribution in [0.1, 0.15) is 53.4 Å². The van der Waals surface area contributed by atoms with Gasteiger partial charge in [0.2, 0.25) is 0 Å². The quantitative estimate of drug-likeness (QED) is 0.727. The van der Waals surface area contributed by atoms with E-state index in [1.807, 2.05) is 27.7 Å². The lowest BCUT2D eigenvalue weighted by Gasteiger charge is -2.35. The Morgan fingerprint density at radius 2 is 1.40 bits per heavy atom. The predicted octanol–water partition coefficient (Wildman–Crippen LogP) is 2.87. The smallest absolute Gasteiger partial charge is 0.00988 e. The number of fused-ring (bicyclic) bond motifs is 2. The summed E-state index contributed by atoms with van der Waals surface area (Å²) in [4.78, 5) is 2.56. The maximum Gasteiger partial charge on any atom is 0.00988 e. The van der Waals surface area contributed by atoms with Crippen LogP contribution in [0.15, 0.2) is 0 Å². The molecule has 0 aliphatic carbocycles. The highest BCUT2D eigenvalue weighted by molar-refractivity contribution is 4.93. The Kier molecular flexibility index (Phi) is 8.07. The van der Waals surface area contributed by atoms with Crippen LogP contribution in [0.5, 0.6) is 0 Å². The van der Waals surface area contributed by atoms with Crippen LogP contribution in [0.3, 0.4) is 0 Å². The molecule has 2 fully saturated rings. The van der Waals surface area contributed by atoms with Crippen molar-refractivity contribution in [1.29, 1.82) is 0 Å². The van der Waals surface area contributed by atoms with Gasteiger partial charge in [-0.1, -0.05) is 27.7 Å². The van der Waals surface area contributed by atoms with Gasteiger partial charge in [0, 0.05) is 12.1 Å². The Balaban J connectivity index is 0.000000442. The first-order valence-corrected chi connectivity index (χ1v) is 6.73. The third kappa shape index (κ3) is 3.76. The minimum Gasteiger partial charge on any atom is -0.330 e. The van der Waals surface area contributed by atoms with Gasteiger partial charge >= 0.3 is 0 Å². The molecule has 0 saturated carbocycles. The number of hydrogen-bond acceptors (Lipinski definition) is 2. The molecule has 2 unspecified atom stereocenters. The van der Waals surface area contributed by atoms with E-state index < -0.39 is 0 Å². The number of rotatable bonds is 1. The maximum absolute atomic E-state index is 5.68. The van der Waals surface area contributed by atoms with Crippen molar-refractivity contribution in [2.75, 3.05) is 13.6 Å². The highest BCUT2D eigenvalue weighted by Gasteiger charge is 2.37. The van der Waals surface area contributed by atoms with Crippen LogP contribution in [0.25, 0.3) is 0 Å². The minimum atomic E-state index is 0.823. The summed E-state index contributed by atoms with van der Waals surface area (Å²) in [6.45, 7) is 8.90. The zero-order valence-electron chi connectivity index (χ0n) is 11.3. The third-order valence-corrected chi connectivity index (χ3v) is 3.53. The van der Waals surface area contributed by atoms with E-state index in [1.54, 1.807) is 0 Å². The van der Waals surface area contributed by atoms with Crippen molar-refractivity contribution in [2.24, 2.45) is 11.7 Å². The molecule has 15 heavy (non-hydrogen) atoms. The molecule has 0 aromatic heterocycles. The fourth-order valence-corrected chi connectivity index (χ4v) is 2.72. The Labute approximate surface area is 96.2 Å². The van der Waals surface area contributed by atoms with Crippen molar-refractivity contribution >= 4 is 0 Å². The van der Waals surface area contributed by atoms with E-state index in [2.05, 4.69) is 11.9 Å². The number of piperidine rings is 1. The monoisotopic (exact) mass is 214 g/mol. The summed E-state index contributed by atoms with van der Waals surface area (Å²) in [6.07, 6.45) is 5.53. The minimum absolute atomic E-state index is 0.823. The topological polar surface area (TPSA) is 29.3 Å². The van der Waals surface area contributed by atoms with E-state index in [0.717, 1.165) is 24.5 Å². The highest BCUT2D eigenvalue weighted by Crippen LogP contribution is 2.36. The summed E-state index contributed by atoms with van der Waals surface area (Å²) in [5.41, 5.74) is 5.68. The molecule has 2 heterocycles. The van der Waals surface area contributed by atoms with Gasteiger partial charge in [0.05, 0.1) is 0 Å². The van der Waals surface area contributed by atoms with Crippen LogP contribution in [0, 0.1) is 5.92 Å². The van der Waals surface area contributed by atoms with Crippen LogP contribution in [0.4, 0.5) is 0 Å². The molecule has 92 valence electrons. The molecule has 0 aromatic carbocycles. The SMILES string of the molecule is CC.CC.CN1C2CCC1CC(CN)C2. The van der Waals surface area contributed by atoms with E-state index in [1.165, 1.54) is 25.7 Å². The Morgan fingerprint density at radius 3 is 1.73 bits per heavy atom. The summed E-state index contributed by atoms with van der Waals surface area (Å²) in [5, 5.41) is 0. The lowest BCUT2D eigenvalue weighted by Crippen LogP contribution is -2.41. The molecule has 2 aliphatic rings. The molecule has 2 aliphatic heterocycles. The standard InChI is InChI=1S/C9H18N2.2C2H6/c1-11-8-2-3-9(11)5-7(4-8)6-10;2*1-2/h7-9H,2-6,10H2,1H3;2*1-2H3. The zero-order chi connectivity index (χ0) is 11.8. The van der Waals surface area contributed by atoms with Crippen molar-refractivity contribution in [2.45, 2.75) is 65.5 Å². The summed E-state index contributed by atoms with van der Waals surface area (Å²) in [6, 6.07) is 1.73. The van der Waals surface area contributed by atoms with Gasteiger partial charge in [0.15, 0.2) is 0 Å². The largest absolute Gasteiger partial charge is 0.330 e. The van der Waals surface area contributed by atoms with Crippen LogP contribution in [-0.4, -0.2) is 30.6 Å². The summed E-state index contributed by atoms with van der Waals surface area (Å²) in [5.74, 6) is 0.823. The van der Waals surface area contributed by atoms with E-state index >= 15 is 0 Å². The van der Waals surface area contributed by atoms with E-state index in [4.69, 9.17) is 5.73 Å². The second-order valence-corrected chi connectivity index (χ2v) is 4.12. The van der Waals surface area contributed by atoms with Crippen LogP contribution in [-0.2, 0) is 0 Å². The van der Waals surface area contributed by atoms with Crippen LogP contribution < -0.4 is 5.73 Å². The molecule has 2 atom stereocenters. The highest BCUT2D eigenvalue weighted by atomic mass is 15.2. The third-order valence-electron chi connectivity index (χ3n) is 3.53. The Morgan fingerprint density at radius 1 is 1.00 bits per heavy atom. The lowest BCUT2D eigenvalue weighted by atomic mass is 9.91. The van der Waals surface area contributed by atoms with Gasteiger partial charge in [0.1, 0.15) is 0 Å². The summed E-state index contributed by atoms with van der Waals surface area (Å²) in [7, 11) is 2.27. The van der Waals surface area contributed by atoms with E-state index in [-0.39, 0.29) is 0 Å². The van der Waals surface area contributed by atoms with Crippen molar-refractivity contribution in [3.05, 3.63) is 0 Å². The van der Waals surface area contributed by atoms with Gasteiger partial charge in [-0.2, -0.15) is 0 Å². The first kappa shape index (κ1) is 14.9. The number of nitrogens with zero attached hydrogens (tertiary/aromatic N) is 1. The second kappa shape index (κ2) is 8.12. The van der Waals surface area contributed by atoms with Crippen molar-refractivity contribution < 1.29 is 0 Å². The van der Waals surface area contributed by atoms with E-state index in [9.17, 15) is 0 Å². The Hall–Kier alpha value is -0.0800. The first-order valence-electron chi connectivity index (χ1n) is 6.73. The van der Waals surface area contributed by atoms with Crippen molar-refractivity contribution in [3.8, 4) is 0 Å². The van der Waals surface area contributed by atoms with E-state index in [0.29, 0.717) is 0 Å². The van der Waals surface area contributed by atoms with Crippen molar-refractivity contribution in [1.82, 2.24) is 4.90 Å². The summed E-state index contributed by atoms with van der Waals surface area (Å²) >= 11 is 0. The van der Waals surface area contributed by atoms with Gasteiger partial charge in [-0.15, -0.1) is 0 Å². The molecule has 0 radical (unpaired) electrons. The molecule has 2 saturated heterocycles. The maximum atomic E-state index is 5.68. The average molecular weight is 214 g/mol. The molecule has 2 heteroatoms. The van der Waals surface area contributed by atoms with Gasteiger partial charge in [-0.25, -0.2) is 0 Å². The predicted molar refractivity (Wildman–Crippen MR) is 69.0 cm³/mol. The molecule has 0 aromatic rings. The van der Waals surface area contributed by atoms with Gasteiger partial charge in [0.25, 0.3) is 0 Å². The fourth-order valence-electron chi connectivity index (χ4n) is 2.72. The molecule has 0 amide bonds. The number of nitrogens with two attached hydrogens (primary N) is 1. The average Bonchev–Trinajstić information content (AvgIpc) is 2.57. The van der Waals surface area contributed by atoms with Gasteiger partial charge in [-0.05, 0) is 45.2 Å². The molecule has 2 N–H and O–H groups in total. The lowest BCUT2D eigenvalue weighted by molar-refractivity contribution is 0.137. The zero-order valence-corrected chi connectivity index (χ0v) is 11.3. The molecule has 0 spiro atoms. The molecule has 2 nitrogen and oxygen atoms in total. The first-order chi connectivity index (χ1) is 7.31. The number of hydrogen-bond donors (Lipinski definition) is 1. The molecule has 2 rings (SSSR count). The molecular weight excluding hydrogens is 184 g/mol. The normalized spacial score (nSPS) is 33.6. The second-order valence-electron chi connectivity index (χ2n) is 4.12. The molecular formula is C13H30N2. The van der Waals surface area contributed by atoms with Gasteiger partial charge in [-0.3, -0.25) is 0 Å². The Bertz CT molecular complexity index is 133. The molecule has 2 bridgehead atoms. The van der Waals surface area contributed by atoms with Crippen LogP contribution in [0.2, 0.25) is 0 Å².